The van der Waals surface area contributed by atoms with E-state index in [4.69, 9.17) is 40.1 Å². The monoisotopic (exact) mass is 715 g/mol. The molecule has 1 amide bonds. The number of benzene rings is 3. The van der Waals surface area contributed by atoms with Gasteiger partial charge in [-0.05, 0) is 73.0 Å². The van der Waals surface area contributed by atoms with Crippen molar-refractivity contribution < 1.29 is 62.5 Å². The number of phosphoric acid groups is 1. The van der Waals surface area contributed by atoms with E-state index in [2.05, 4.69) is 15.1 Å². The van der Waals surface area contributed by atoms with Gasteiger partial charge in [0.15, 0.2) is 11.0 Å². The van der Waals surface area contributed by atoms with Crippen LogP contribution in [0.3, 0.4) is 0 Å². The maximum atomic E-state index is 13.7. The summed E-state index contributed by atoms with van der Waals surface area (Å²) < 4.78 is 34.6. The molecule has 0 bridgehead atoms. The molecule has 0 aliphatic heterocycles. The number of aryl methyl sites for hydroxylation is 1. The summed E-state index contributed by atoms with van der Waals surface area (Å²) in [6.45, 7) is -1.06. The minimum atomic E-state index is -5.50. The van der Waals surface area contributed by atoms with Crippen LogP contribution in [0, 0.1) is 0 Å². The maximum Gasteiger partial charge on any atom is 0.474 e. The minimum Gasteiger partial charge on any atom is -0.465 e. The van der Waals surface area contributed by atoms with Gasteiger partial charge in [0.25, 0.3) is 0 Å². The summed E-state index contributed by atoms with van der Waals surface area (Å²) in [7, 11) is -2.26. The lowest BCUT2D eigenvalue weighted by molar-refractivity contribution is -0.573. The number of nitrogens with one attached hydrogen (secondary N) is 1. The number of hydrogen-bond acceptors (Lipinski definition) is 12. The highest BCUT2D eigenvalue weighted by Crippen LogP contribution is 2.48. The molecule has 1 aromatic heterocycles. The topological polar surface area (TPSA) is 198 Å². The smallest absolute Gasteiger partial charge is 0.465 e. The molecule has 1 heterocycles. The first-order chi connectivity index (χ1) is 22.3. The van der Waals surface area contributed by atoms with Gasteiger partial charge in [0.2, 0.25) is 0 Å². The van der Waals surface area contributed by atoms with Crippen LogP contribution >= 0.6 is 30.8 Å². The van der Waals surface area contributed by atoms with E-state index in [0.717, 1.165) is 18.9 Å². The molecule has 0 aliphatic carbocycles. The van der Waals surface area contributed by atoms with Gasteiger partial charge in [0.05, 0.1) is 20.8 Å². The Morgan fingerprint density at radius 1 is 0.936 bits per heavy atom. The molecule has 0 spiro atoms. The minimum absolute atomic E-state index is 0.0408. The number of rotatable bonds is 17. The van der Waals surface area contributed by atoms with Crippen molar-refractivity contribution >= 4 is 57.0 Å². The second-order valence-electron chi connectivity index (χ2n) is 9.88. The van der Waals surface area contributed by atoms with E-state index in [1.807, 2.05) is 0 Å². The molecule has 18 heteroatoms. The van der Waals surface area contributed by atoms with Crippen LogP contribution in [0.25, 0.3) is 20.2 Å². The summed E-state index contributed by atoms with van der Waals surface area (Å²) in [5, 5.41) is 13.3. The summed E-state index contributed by atoms with van der Waals surface area (Å²) in [6.07, 6.45) is -2.08. The van der Waals surface area contributed by atoms with Gasteiger partial charge in [-0.3, -0.25) is 4.79 Å². The van der Waals surface area contributed by atoms with Crippen LogP contribution in [0.2, 0.25) is 5.02 Å². The predicted octanol–water partition coefficient (Wildman–Crippen LogP) is 5.34. The Morgan fingerprint density at radius 2 is 1.55 bits per heavy atom. The zero-order valence-electron chi connectivity index (χ0n) is 25.2. The Bertz CT molecular complexity index is 1790. The number of carbonyl (C=O) groups is 1. The van der Waals surface area contributed by atoms with E-state index in [1.165, 1.54) is 18.4 Å². The number of halogens is 1. The average molecular weight is 716 g/mol. The molecule has 3 aromatic carbocycles. The van der Waals surface area contributed by atoms with Crippen LogP contribution in [0.5, 0.6) is 11.5 Å². The standard InChI is InChI=1S/C29H31ClNO14PS/c1-38-17-41-16-28(31-27(33)34,29(43-39-2,44-40-3)45-46(35,36)37)13-12-18-4-10-24-22(14-18)26(32)23-15-21(9-11-25(23)47-24)42-20-7-5-19(30)6-8-20/h4-11,14-15,31H,12-13,16-17H2,1-3H3,(H,33,34)(H2,35,36,37). The lowest BCUT2D eigenvalue weighted by atomic mass is 9.88. The highest BCUT2D eigenvalue weighted by atomic mass is 35.5. The highest BCUT2D eigenvalue weighted by Gasteiger charge is 2.62. The number of methoxy groups -OCH3 is 1. The van der Waals surface area contributed by atoms with Gasteiger partial charge in [0.1, 0.15) is 18.3 Å². The molecule has 0 radical (unpaired) electrons. The summed E-state index contributed by atoms with van der Waals surface area (Å²) in [5.74, 6) is -2.09. The van der Waals surface area contributed by atoms with E-state index < -0.39 is 32.0 Å². The first-order valence-corrected chi connectivity index (χ1v) is 16.3. The van der Waals surface area contributed by atoms with Gasteiger partial charge in [-0.25, -0.2) is 23.7 Å². The van der Waals surface area contributed by atoms with E-state index in [-0.39, 0.29) is 25.1 Å². The Morgan fingerprint density at radius 3 is 2.15 bits per heavy atom. The molecule has 15 nitrogen and oxygen atoms in total. The summed E-state index contributed by atoms with van der Waals surface area (Å²) in [4.78, 5) is 64.7. The van der Waals surface area contributed by atoms with Crippen LogP contribution in [0.4, 0.5) is 4.79 Å². The van der Waals surface area contributed by atoms with Crippen LogP contribution in [-0.2, 0) is 44.5 Å². The van der Waals surface area contributed by atoms with Crippen LogP contribution in [0.15, 0.2) is 65.5 Å². The van der Waals surface area contributed by atoms with Crippen molar-refractivity contribution in [1.82, 2.24) is 5.32 Å². The lowest BCUT2D eigenvalue weighted by Crippen LogP contribution is -2.70. The molecule has 4 aromatic rings. The van der Waals surface area contributed by atoms with Crippen molar-refractivity contribution in [3.05, 3.63) is 81.5 Å². The Hall–Kier alpha value is -3.22. The lowest BCUT2D eigenvalue weighted by Gasteiger charge is -2.44. The van der Waals surface area contributed by atoms with Gasteiger partial charge in [-0.15, -0.1) is 11.3 Å². The fourth-order valence-corrected chi connectivity index (χ4v) is 6.46. The number of fused-ring (bicyclic) bond motifs is 2. The number of amides is 1. The van der Waals surface area contributed by atoms with E-state index in [0.29, 0.717) is 37.6 Å². The predicted molar refractivity (Wildman–Crippen MR) is 169 cm³/mol. The first-order valence-electron chi connectivity index (χ1n) is 13.5. The molecule has 1 unspecified atom stereocenters. The fourth-order valence-electron chi connectivity index (χ4n) is 4.76. The Kier molecular flexibility index (Phi) is 12.3. The molecule has 47 heavy (non-hydrogen) atoms. The third-order valence-electron chi connectivity index (χ3n) is 6.70. The molecule has 4 rings (SSSR count). The average Bonchev–Trinajstić information content (AvgIpc) is 3.01. The first kappa shape index (κ1) is 36.6. The number of carboxylic acid groups (broad SMARTS) is 1. The van der Waals surface area contributed by atoms with Gasteiger partial charge in [0, 0.05) is 32.3 Å². The quantitative estimate of drug-likeness (QED) is 0.0273. The SMILES string of the molecule is COCOCC(CCc1ccc2sc3ccc(Oc4ccc(Cl)cc4)cc3c(=O)c2c1)(NC(=O)O)C(OOC)(OOC)OP(=O)(O)O. The molecule has 0 fully saturated rings. The van der Waals surface area contributed by atoms with Crippen molar-refractivity contribution in [2.75, 3.05) is 34.7 Å². The second-order valence-corrected chi connectivity index (χ2v) is 12.6. The maximum absolute atomic E-state index is 13.7. The molecule has 254 valence electrons. The highest BCUT2D eigenvalue weighted by molar-refractivity contribution is 7.46. The van der Waals surface area contributed by atoms with Gasteiger partial charge in [-0.1, -0.05) is 17.7 Å². The molecule has 0 saturated heterocycles. The van der Waals surface area contributed by atoms with Crippen molar-refractivity contribution in [2.45, 2.75) is 24.4 Å². The van der Waals surface area contributed by atoms with Crippen LogP contribution in [-0.4, -0.2) is 67.2 Å². The van der Waals surface area contributed by atoms with Gasteiger partial charge >= 0.3 is 19.9 Å². The molecule has 0 saturated carbocycles. The number of phosphoric ester groups is 1. The molecule has 0 aliphatic rings. The molecular formula is C29H31ClNO14PS. The molecular weight excluding hydrogens is 685 g/mol. The van der Waals surface area contributed by atoms with Crippen LogP contribution in [0.1, 0.15) is 12.0 Å². The summed E-state index contributed by atoms with van der Waals surface area (Å²) in [5.41, 5.74) is -2.04. The summed E-state index contributed by atoms with van der Waals surface area (Å²) >= 11 is 7.34. The zero-order valence-corrected chi connectivity index (χ0v) is 27.6. The van der Waals surface area contributed by atoms with E-state index in [9.17, 15) is 29.0 Å². The zero-order chi connectivity index (χ0) is 34.2. The van der Waals surface area contributed by atoms with E-state index >= 15 is 0 Å². The van der Waals surface area contributed by atoms with Gasteiger partial charge in [-0.2, -0.15) is 9.78 Å². The van der Waals surface area contributed by atoms with Crippen molar-refractivity contribution in [3.8, 4) is 11.5 Å². The van der Waals surface area contributed by atoms with Crippen LogP contribution < -0.4 is 15.5 Å². The largest absolute Gasteiger partial charge is 0.474 e. The third kappa shape index (κ3) is 9.03. The molecule has 1 atom stereocenters. The third-order valence-corrected chi connectivity index (χ3v) is 8.58. The molecule has 4 N–H and O–H groups in total. The number of ether oxygens (including phenoxy) is 3. The van der Waals surface area contributed by atoms with Crippen molar-refractivity contribution in [3.63, 3.8) is 0 Å². The second kappa shape index (κ2) is 15.8. The Labute approximate surface area is 276 Å². The summed E-state index contributed by atoms with van der Waals surface area (Å²) in [6, 6.07) is 17.0. The van der Waals surface area contributed by atoms with Crippen molar-refractivity contribution in [1.29, 1.82) is 0 Å². The van der Waals surface area contributed by atoms with Crippen molar-refractivity contribution in [2.24, 2.45) is 0 Å². The normalized spacial score (nSPS) is 13.5. The fraction of sp³-hybridized carbons (Fsp3) is 0.310. The van der Waals surface area contributed by atoms with E-state index in [1.54, 1.807) is 60.7 Å². The van der Waals surface area contributed by atoms with Gasteiger partial charge < -0.3 is 34.4 Å². The Balaban J connectivity index is 1.75. The number of hydrogen-bond donors (Lipinski definition) is 4.